The smallest absolute Gasteiger partial charge is 0.264 e. The van der Waals surface area contributed by atoms with E-state index >= 15 is 0 Å². The Labute approximate surface area is 222 Å². The van der Waals surface area contributed by atoms with Crippen LogP contribution in [0.3, 0.4) is 0 Å². The van der Waals surface area contributed by atoms with Gasteiger partial charge in [0.2, 0.25) is 16.2 Å². The number of hydrazone groups is 1. The number of carbonyl (C=O) groups is 1. The van der Waals surface area contributed by atoms with Crippen molar-refractivity contribution in [3.63, 3.8) is 0 Å². The van der Waals surface area contributed by atoms with E-state index in [0.29, 0.717) is 31.1 Å². The first-order chi connectivity index (χ1) is 17.4. The summed E-state index contributed by atoms with van der Waals surface area (Å²) >= 11 is 10.0. The fourth-order valence-corrected chi connectivity index (χ4v) is 5.41. The molecule has 0 aliphatic rings. The molecular weight excluding hydrogens is 545 g/mol. The third-order valence-corrected chi connectivity index (χ3v) is 7.88. The highest BCUT2D eigenvalue weighted by molar-refractivity contribution is 8.00. The van der Waals surface area contributed by atoms with Crippen LogP contribution < -0.4 is 16.6 Å². The summed E-state index contributed by atoms with van der Waals surface area (Å²) in [6.45, 7) is 1.76. The molecule has 0 saturated heterocycles. The van der Waals surface area contributed by atoms with Crippen molar-refractivity contribution in [3.05, 3.63) is 70.5 Å². The van der Waals surface area contributed by atoms with E-state index < -0.39 is 0 Å². The predicted molar refractivity (Wildman–Crippen MR) is 143 cm³/mol. The molecule has 0 bridgehead atoms. The molecule has 186 valence electrons. The molecule has 0 aliphatic carbocycles. The third kappa shape index (κ3) is 6.94. The van der Waals surface area contributed by atoms with Crippen LogP contribution >= 0.6 is 46.5 Å². The molecule has 1 amide bonds. The van der Waals surface area contributed by atoms with Crippen LogP contribution in [0.15, 0.2) is 63.1 Å². The minimum Gasteiger partial charge on any atom is -0.334 e. The molecule has 0 atom stereocenters. The van der Waals surface area contributed by atoms with Crippen LogP contribution in [-0.4, -0.2) is 42.4 Å². The van der Waals surface area contributed by atoms with Gasteiger partial charge in [-0.15, -0.1) is 20.4 Å². The zero-order valence-electron chi connectivity index (χ0n) is 18.7. The summed E-state index contributed by atoms with van der Waals surface area (Å²) in [4.78, 5) is 12.4. The SMILES string of the molecule is C/C(=N\Nc1nnc(SCC(=O)Nc2nnc(SCc3ccccc3Cl)s2)n1N)c1ccc(F)cc1. The largest absolute Gasteiger partial charge is 0.334 e. The highest BCUT2D eigenvalue weighted by Gasteiger charge is 2.14. The Balaban J connectivity index is 1.26. The standard InChI is InChI=1S/C21H19ClFN9OS3/c1-12(13-6-8-15(23)9-7-13)26-27-18-28-30-20(32(18)24)34-11-17(33)25-19-29-31-21(36-19)35-10-14-4-2-3-5-16(14)22/h2-9H,10-11,24H2,1H3,(H,27,28)(H,25,29,33)/b26-12+. The van der Waals surface area contributed by atoms with Gasteiger partial charge in [-0.25, -0.2) is 14.5 Å². The second-order valence-corrected chi connectivity index (χ2v) is 10.6. The third-order valence-electron chi connectivity index (χ3n) is 4.54. The van der Waals surface area contributed by atoms with Gasteiger partial charge in [0.1, 0.15) is 5.82 Å². The summed E-state index contributed by atoms with van der Waals surface area (Å²) in [5.74, 6) is 6.26. The quantitative estimate of drug-likeness (QED) is 0.0837. The van der Waals surface area contributed by atoms with Crippen molar-refractivity contribution in [2.45, 2.75) is 22.2 Å². The summed E-state index contributed by atoms with van der Waals surface area (Å²) in [6.07, 6.45) is 0. The summed E-state index contributed by atoms with van der Waals surface area (Å²) in [5.41, 5.74) is 5.06. The van der Waals surface area contributed by atoms with Crippen molar-refractivity contribution >= 4 is 69.2 Å². The van der Waals surface area contributed by atoms with E-state index in [9.17, 15) is 9.18 Å². The van der Waals surface area contributed by atoms with Crippen LogP contribution in [0.5, 0.6) is 0 Å². The number of nitrogen functional groups attached to an aromatic ring is 1. The Bertz CT molecular complexity index is 1380. The van der Waals surface area contributed by atoms with Gasteiger partial charge in [0.25, 0.3) is 5.95 Å². The van der Waals surface area contributed by atoms with E-state index in [1.165, 1.54) is 39.9 Å². The van der Waals surface area contributed by atoms with Gasteiger partial charge in [0.15, 0.2) is 4.34 Å². The molecular formula is C21H19ClFN9OS3. The molecule has 0 spiro atoms. The van der Waals surface area contributed by atoms with Crippen molar-refractivity contribution in [1.29, 1.82) is 0 Å². The molecule has 36 heavy (non-hydrogen) atoms. The summed E-state index contributed by atoms with van der Waals surface area (Å²) in [7, 11) is 0. The highest BCUT2D eigenvalue weighted by Crippen LogP contribution is 2.30. The predicted octanol–water partition coefficient (Wildman–Crippen LogP) is 4.50. The number of aromatic nitrogens is 5. The molecule has 4 aromatic rings. The van der Waals surface area contributed by atoms with Gasteiger partial charge in [-0.3, -0.25) is 10.1 Å². The molecule has 2 aromatic carbocycles. The number of carbonyl (C=O) groups excluding carboxylic acids is 1. The Hall–Kier alpha value is -3.20. The van der Waals surface area contributed by atoms with Gasteiger partial charge >= 0.3 is 0 Å². The number of hydrogen-bond donors (Lipinski definition) is 3. The Kier molecular flexibility index (Phi) is 8.74. The number of nitrogens with two attached hydrogens (primary N) is 1. The van der Waals surface area contributed by atoms with Crippen molar-refractivity contribution in [3.8, 4) is 0 Å². The monoisotopic (exact) mass is 563 g/mol. The Morgan fingerprint density at radius 3 is 2.69 bits per heavy atom. The van der Waals surface area contributed by atoms with Gasteiger partial charge in [0.05, 0.1) is 11.5 Å². The van der Waals surface area contributed by atoms with Crippen molar-refractivity contribution < 1.29 is 9.18 Å². The summed E-state index contributed by atoms with van der Waals surface area (Å²) in [5, 5.41) is 24.3. The number of nitrogens with zero attached hydrogens (tertiary/aromatic N) is 6. The number of amides is 1. The number of thioether (sulfide) groups is 2. The van der Waals surface area contributed by atoms with Gasteiger partial charge in [-0.05, 0) is 36.2 Å². The number of halogens is 2. The van der Waals surface area contributed by atoms with Gasteiger partial charge < -0.3 is 5.84 Å². The van der Waals surface area contributed by atoms with Crippen molar-refractivity contribution in [1.82, 2.24) is 25.1 Å². The lowest BCUT2D eigenvalue weighted by Crippen LogP contribution is -2.17. The van der Waals surface area contributed by atoms with Crippen molar-refractivity contribution in [2.75, 3.05) is 22.3 Å². The van der Waals surface area contributed by atoms with Gasteiger partial charge in [0, 0.05) is 10.8 Å². The first kappa shape index (κ1) is 25.9. The molecule has 15 heteroatoms. The minimum absolute atomic E-state index is 0.0366. The van der Waals surface area contributed by atoms with Crippen molar-refractivity contribution in [2.24, 2.45) is 5.10 Å². The van der Waals surface area contributed by atoms with Crippen LogP contribution in [0.25, 0.3) is 0 Å². The van der Waals surface area contributed by atoms with Gasteiger partial charge in [-0.2, -0.15) is 5.10 Å². The molecule has 2 heterocycles. The number of benzene rings is 2. The lowest BCUT2D eigenvalue weighted by Gasteiger charge is -2.04. The first-order valence-electron chi connectivity index (χ1n) is 10.3. The molecule has 0 saturated carbocycles. The number of nitrogens with one attached hydrogen (secondary N) is 2. The second kappa shape index (κ2) is 12.2. The lowest BCUT2D eigenvalue weighted by atomic mass is 10.1. The van der Waals surface area contributed by atoms with Gasteiger partial charge in [-0.1, -0.05) is 76.8 Å². The maximum Gasteiger partial charge on any atom is 0.264 e. The lowest BCUT2D eigenvalue weighted by molar-refractivity contribution is -0.113. The second-order valence-electron chi connectivity index (χ2n) is 7.08. The molecule has 4 N–H and O–H groups in total. The molecule has 2 aromatic heterocycles. The zero-order valence-corrected chi connectivity index (χ0v) is 21.9. The first-order valence-corrected chi connectivity index (χ1v) is 13.4. The van der Waals surface area contributed by atoms with E-state index in [2.05, 4.69) is 36.2 Å². The van der Waals surface area contributed by atoms with Crippen LogP contribution in [0, 0.1) is 5.82 Å². The Morgan fingerprint density at radius 1 is 1.14 bits per heavy atom. The van der Waals surface area contributed by atoms with E-state index in [1.807, 2.05) is 24.3 Å². The average molecular weight is 564 g/mol. The molecule has 4 rings (SSSR count). The maximum atomic E-state index is 13.1. The molecule has 0 unspecified atom stereocenters. The van der Waals surface area contributed by atoms with Crippen LogP contribution in [0.2, 0.25) is 5.02 Å². The number of anilines is 2. The number of hydrogen-bond acceptors (Lipinski definition) is 11. The van der Waals surface area contributed by atoms with E-state index in [1.54, 1.807) is 19.1 Å². The molecule has 0 fully saturated rings. The zero-order chi connectivity index (χ0) is 25.5. The van der Waals surface area contributed by atoms with Crippen LogP contribution in [0.1, 0.15) is 18.1 Å². The maximum absolute atomic E-state index is 13.1. The van der Waals surface area contributed by atoms with Crippen LogP contribution in [-0.2, 0) is 10.5 Å². The van der Waals surface area contributed by atoms with E-state index in [-0.39, 0.29) is 23.4 Å². The molecule has 0 radical (unpaired) electrons. The fourth-order valence-electron chi connectivity index (χ4n) is 2.70. The summed E-state index contributed by atoms with van der Waals surface area (Å²) in [6, 6.07) is 13.5. The minimum atomic E-state index is -0.328. The van der Waals surface area contributed by atoms with E-state index in [0.717, 1.165) is 22.9 Å². The Morgan fingerprint density at radius 2 is 1.92 bits per heavy atom. The summed E-state index contributed by atoms with van der Waals surface area (Å²) < 4.78 is 15.0. The normalized spacial score (nSPS) is 11.5. The fraction of sp³-hybridized carbons (Fsp3) is 0.143. The van der Waals surface area contributed by atoms with E-state index in [4.69, 9.17) is 17.4 Å². The molecule has 0 aliphatic heterocycles. The van der Waals surface area contributed by atoms with Crippen LogP contribution in [0.4, 0.5) is 15.5 Å². The average Bonchev–Trinajstić information content (AvgIpc) is 3.47. The topological polar surface area (TPSA) is 136 Å². The highest BCUT2D eigenvalue weighted by atomic mass is 35.5. The molecule has 10 nitrogen and oxygen atoms in total. The number of rotatable bonds is 10.